The summed E-state index contributed by atoms with van der Waals surface area (Å²) in [4.78, 5) is 12.6. The van der Waals surface area contributed by atoms with E-state index in [0.29, 0.717) is 17.4 Å². The molecule has 1 unspecified atom stereocenters. The quantitative estimate of drug-likeness (QED) is 0.884. The normalized spacial score (nSPS) is 15.7. The third-order valence-electron chi connectivity index (χ3n) is 3.96. The van der Waals surface area contributed by atoms with Crippen molar-refractivity contribution >= 4 is 11.6 Å². The molecule has 1 aliphatic carbocycles. The molecule has 1 heterocycles. The Morgan fingerprint density at radius 3 is 2.71 bits per heavy atom. The zero-order chi connectivity index (χ0) is 14.8. The molecule has 1 aliphatic rings. The van der Waals surface area contributed by atoms with E-state index in [1.807, 2.05) is 41.1 Å². The molecule has 4 nitrogen and oxygen atoms in total. The first-order chi connectivity index (χ1) is 10.2. The number of benzene rings is 1. The third-order valence-corrected chi connectivity index (χ3v) is 3.96. The molecule has 1 aromatic heterocycles. The van der Waals surface area contributed by atoms with Gasteiger partial charge in [-0.05, 0) is 30.9 Å². The summed E-state index contributed by atoms with van der Waals surface area (Å²) in [6, 6.07) is 12.3. The molecule has 3 rings (SSSR count). The van der Waals surface area contributed by atoms with Crippen molar-refractivity contribution in [1.82, 2.24) is 9.88 Å². The minimum Gasteiger partial charge on any atom is -0.397 e. The lowest BCUT2D eigenvalue weighted by molar-refractivity contribution is 0.0926. The summed E-state index contributed by atoms with van der Waals surface area (Å²) in [7, 11) is 0. The fourth-order valence-electron chi connectivity index (χ4n) is 2.68. The number of carbonyl (C=O) groups excluding carboxylic acids is 1. The van der Waals surface area contributed by atoms with Gasteiger partial charge in [0.2, 0.25) is 0 Å². The van der Waals surface area contributed by atoms with Crippen molar-refractivity contribution in [3.8, 4) is 0 Å². The topological polar surface area (TPSA) is 60.1 Å². The summed E-state index contributed by atoms with van der Waals surface area (Å²) >= 11 is 0. The number of carbonyl (C=O) groups is 1. The maximum atomic E-state index is 12.6. The molecule has 0 saturated heterocycles. The second-order valence-electron chi connectivity index (χ2n) is 5.64. The molecule has 0 aliphatic heterocycles. The van der Waals surface area contributed by atoms with E-state index < -0.39 is 0 Å². The maximum Gasteiger partial charge on any atom is 0.268 e. The van der Waals surface area contributed by atoms with Gasteiger partial charge in [0.25, 0.3) is 5.91 Å². The molecule has 0 radical (unpaired) electrons. The molecule has 1 fully saturated rings. The van der Waals surface area contributed by atoms with Crippen LogP contribution in [0.15, 0.2) is 42.6 Å². The van der Waals surface area contributed by atoms with E-state index in [1.54, 1.807) is 6.07 Å². The van der Waals surface area contributed by atoms with Crippen LogP contribution in [0.1, 0.15) is 54.3 Å². The number of hydrogen-bond donors (Lipinski definition) is 2. The van der Waals surface area contributed by atoms with Crippen LogP contribution in [-0.2, 0) is 0 Å². The molecule has 2 aromatic rings. The van der Waals surface area contributed by atoms with Gasteiger partial charge in [-0.25, -0.2) is 0 Å². The lowest BCUT2D eigenvalue weighted by Gasteiger charge is -2.18. The highest BCUT2D eigenvalue weighted by Crippen LogP contribution is 2.37. The average Bonchev–Trinajstić information content (AvgIpc) is 3.28. The Morgan fingerprint density at radius 2 is 2.10 bits per heavy atom. The zero-order valence-electron chi connectivity index (χ0n) is 12.3. The number of hydrogen-bond acceptors (Lipinski definition) is 2. The number of nitrogens with zero attached hydrogens (tertiary/aromatic N) is 1. The van der Waals surface area contributed by atoms with Crippen LogP contribution < -0.4 is 11.1 Å². The number of nitrogens with two attached hydrogens (primary N) is 1. The van der Waals surface area contributed by atoms with Gasteiger partial charge in [-0.15, -0.1) is 0 Å². The lowest BCUT2D eigenvalue weighted by Crippen LogP contribution is -2.29. The first-order valence-corrected chi connectivity index (χ1v) is 7.52. The highest BCUT2D eigenvalue weighted by atomic mass is 16.2. The van der Waals surface area contributed by atoms with E-state index in [2.05, 4.69) is 12.2 Å². The Hall–Kier alpha value is -2.23. The van der Waals surface area contributed by atoms with E-state index in [9.17, 15) is 4.79 Å². The molecule has 21 heavy (non-hydrogen) atoms. The van der Waals surface area contributed by atoms with Crippen LogP contribution in [0.25, 0.3) is 0 Å². The van der Waals surface area contributed by atoms with Crippen molar-refractivity contribution < 1.29 is 4.79 Å². The van der Waals surface area contributed by atoms with Crippen LogP contribution in [0.2, 0.25) is 0 Å². The number of amides is 1. The summed E-state index contributed by atoms with van der Waals surface area (Å²) in [5, 5.41) is 3.12. The standard InChI is InChI=1S/C17H21N3O/c1-2-15(12-6-4-3-5-7-12)19-17(21)16-10-13(18)11-20(16)14-8-9-14/h3-7,10-11,14-15H,2,8-9,18H2,1H3,(H,19,21). The van der Waals surface area contributed by atoms with Crippen molar-refractivity contribution in [3.05, 3.63) is 53.9 Å². The monoisotopic (exact) mass is 283 g/mol. The summed E-state index contributed by atoms with van der Waals surface area (Å²) in [6.07, 6.45) is 4.99. The van der Waals surface area contributed by atoms with Gasteiger partial charge in [-0.2, -0.15) is 0 Å². The largest absolute Gasteiger partial charge is 0.397 e. The minimum absolute atomic E-state index is 0.0301. The van der Waals surface area contributed by atoms with Crippen LogP contribution in [0.4, 0.5) is 5.69 Å². The summed E-state index contributed by atoms with van der Waals surface area (Å²) in [6.45, 7) is 2.08. The maximum absolute atomic E-state index is 12.6. The van der Waals surface area contributed by atoms with Gasteiger partial charge in [-0.1, -0.05) is 37.3 Å². The molecular weight excluding hydrogens is 262 g/mol. The number of nitrogens with one attached hydrogen (secondary N) is 1. The molecule has 3 N–H and O–H groups in total. The second kappa shape index (κ2) is 5.64. The third kappa shape index (κ3) is 2.94. The smallest absolute Gasteiger partial charge is 0.268 e. The van der Waals surface area contributed by atoms with Crippen molar-refractivity contribution in [2.75, 3.05) is 5.73 Å². The predicted molar refractivity (Wildman–Crippen MR) is 84.1 cm³/mol. The molecule has 1 amide bonds. The van der Waals surface area contributed by atoms with Gasteiger partial charge in [-0.3, -0.25) is 4.79 Å². The van der Waals surface area contributed by atoms with Crippen molar-refractivity contribution in [2.24, 2.45) is 0 Å². The van der Waals surface area contributed by atoms with E-state index in [0.717, 1.165) is 24.8 Å². The van der Waals surface area contributed by atoms with Crippen LogP contribution in [-0.4, -0.2) is 10.5 Å². The van der Waals surface area contributed by atoms with E-state index in [4.69, 9.17) is 5.73 Å². The van der Waals surface area contributed by atoms with Crippen LogP contribution in [0.3, 0.4) is 0 Å². The first kappa shape index (κ1) is 13.7. The number of rotatable bonds is 5. The highest BCUT2D eigenvalue weighted by molar-refractivity contribution is 5.94. The molecule has 1 atom stereocenters. The molecule has 4 heteroatoms. The van der Waals surface area contributed by atoms with Gasteiger partial charge >= 0.3 is 0 Å². The molecule has 110 valence electrons. The minimum atomic E-state index is -0.0469. The first-order valence-electron chi connectivity index (χ1n) is 7.52. The Bertz CT molecular complexity index is 629. The number of nitrogen functional groups attached to an aromatic ring is 1. The summed E-state index contributed by atoms with van der Waals surface area (Å²) < 4.78 is 2.02. The SMILES string of the molecule is CCC(NC(=O)c1cc(N)cn1C1CC1)c1ccccc1. The van der Waals surface area contributed by atoms with E-state index in [1.165, 1.54) is 0 Å². The van der Waals surface area contributed by atoms with Crippen LogP contribution in [0, 0.1) is 0 Å². The lowest BCUT2D eigenvalue weighted by atomic mass is 10.0. The molecule has 0 spiro atoms. The number of aromatic nitrogens is 1. The molecule has 1 saturated carbocycles. The molecular formula is C17H21N3O. The van der Waals surface area contributed by atoms with Crippen molar-refractivity contribution in [3.63, 3.8) is 0 Å². The Kier molecular flexibility index (Phi) is 3.69. The number of anilines is 1. The van der Waals surface area contributed by atoms with Crippen molar-refractivity contribution in [2.45, 2.75) is 38.3 Å². The van der Waals surface area contributed by atoms with Crippen molar-refractivity contribution in [1.29, 1.82) is 0 Å². The van der Waals surface area contributed by atoms with E-state index >= 15 is 0 Å². The fraction of sp³-hybridized carbons (Fsp3) is 0.353. The van der Waals surface area contributed by atoms with E-state index in [-0.39, 0.29) is 11.9 Å². The van der Waals surface area contributed by atoms with Gasteiger partial charge in [0.1, 0.15) is 5.69 Å². The molecule has 1 aromatic carbocycles. The Labute approximate surface area is 125 Å². The fourth-order valence-corrected chi connectivity index (χ4v) is 2.68. The van der Waals surface area contributed by atoms with Gasteiger partial charge in [0.05, 0.1) is 11.7 Å². The predicted octanol–water partition coefficient (Wildman–Crippen LogP) is 3.29. The Morgan fingerprint density at radius 1 is 1.38 bits per heavy atom. The highest BCUT2D eigenvalue weighted by Gasteiger charge is 2.28. The zero-order valence-corrected chi connectivity index (χ0v) is 12.3. The summed E-state index contributed by atoms with van der Waals surface area (Å²) in [5.74, 6) is -0.0469. The molecule has 0 bridgehead atoms. The second-order valence-corrected chi connectivity index (χ2v) is 5.64. The van der Waals surface area contributed by atoms with Crippen LogP contribution >= 0.6 is 0 Å². The van der Waals surface area contributed by atoms with Crippen LogP contribution in [0.5, 0.6) is 0 Å². The van der Waals surface area contributed by atoms with Gasteiger partial charge < -0.3 is 15.6 Å². The van der Waals surface area contributed by atoms with Gasteiger partial charge in [0, 0.05) is 12.2 Å². The Balaban J connectivity index is 1.79. The average molecular weight is 283 g/mol. The van der Waals surface area contributed by atoms with Gasteiger partial charge in [0.15, 0.2) is 0 Å². The summed E-state index contributed by atoms with van der Waals surface area (Å²) in [5.41, 5.74) is 8.31.